The quantitative estimate of drug-likeness (QED) is 0.816. The van der Waals surface area contributed by atoms with Gasteiger partial charge in [0, 0.05) is 17.8 Å². The minimum absolute atomic E-state index is 0.0589. The molecule has 2 fully saturated rings. The van der Waals surface area contributed by atoms with Crippen LogP contribution in [0.5, 0.6) is 0 Å². The number of benzene rings is 1. The molecule has 21 heavy (non-hydrogen) atoms. The van der Waals surface area contributed by atoms with E-state index in [1.54, 1.807) is 0 Å². The Kier molecular flexibility index (Phi) is 3.36. The van der Waals surface area contributed by atoms with E-state index in [2.05, 4.69) is 5.32 Å². The Morgan fingerprint density at radius 1 is 1.19 bits per heavy atom. The molecule has 2 atom stereocenters. The van der Waals surface area contributed by atoms with Crippen LogP contribution in [0.15, 0.2) is 30.3 Å². The van der Waals surface area contributed by atoms with Crippen molar-refractivity contribution >= 4 is 21.7 Å². The minimum Gasteiger partial charge on any atom is -0.296 e. The number of nitrogens with one attached hydrogen (secondary N) is 1. The number of amides is 2. The summed E-state index contributed by atoms with van der Waals surface area (Å²) in [5, 5.41) is 2.36. The second-order valence-electron chi connectivity index (χ2n) is 6.04. The SMILES string of the molecule is O=C1CC2(CCS(=O)(=O)C2)C(Cc2ccccc2)C(=O)N1. The summed E-state index contributed by atoms with van der Waals surface area (Å²) in [6.07, 6.45) is 0.983. The standard InChI is InChI=1S/C15H17NO4S/c17-13-9-15(6-7-21(19,20)10-15)12(14(18)16-13)8-11-4-2-1-3-5-11/h1-5,12H,6-10H2,(H,16,17,18). The highest BCUT2D eigenvalue weighted by Gasteiger charge is 2.54. The van der Waals surface area contributed by atoms with Crippen molar-refractivity contribution in [2.75, 3.05) is 11.5 Å². The van der Waals surface area contributed by atoms with Crippen molar-refractivity contribution < 1.29 is 18.0 Å². The summed E-state index contributed by atoms with van der Waals surface area (Å²) in [4.78, 5) is 24.0. The Bertz CT molecular complexity index is 683. The third-order valence-electron chi connectivity index (χ3n) is 4.53. The van der Waals surface area contributed by atoms with Crippen LogP contribution in [0.1, 0.15) is 18.4 Å². The fourth-order valence-electron chi connectivity index (χ4n) is 3.50. The summed E-state index contributed by atoms with van der Waals surface area (Å²) in [5.74, 6) is -1.15. The molecule has 1 aromatic rings. The van der Waals surface area contributed by atoms with Gasteiger partial charge in [-0.05, 0) is 18.4 Å². The van der Waals surface area contributed by atoms with Gasteiger partial charge in [0.15, 0.2) is 9.84 Å². The van der Waals surface area contributed by atoms with Gasteiger partial charge in [-0.3, -0.25) is 14.9 Å². The van der Waals surface area contributed by atoms with E-state index < -0.39 is 21.2 Å². The van der Waals surface area contributed by atoms with Gasteiger partial charge in [-0.2, -0.15) is 0 Å². The zero-order chi connectivity index (χ0) is 15.1. The smallest absolute Gasteiger partial charge is 0.230 e. The molecule has 2 saturated heterocycles. The normalized spacial score (nSPS) is 31.3. The van der Waals surface area contributed by atoms with Crippen LogP contribution in [0.25, 0.3) is 0 Å². The van der Waals surface area contributed by atoms with Crippen LogP contribution >= 0.6 is 0 Å². The predicted molar refractivity (Wildman–Crippen MR) is 77.1 cm³/mol. The molecule has 112 valence electrons. The lowest BCUT2D eigenvalue weighted by Gasteiger charge is -2.38. The van der Waals surface area contributed by atoms with Crippen molar-refractivity contribution in [1.82, 2.24) is 5.32 Å². The third kappa shape index (κ3) is 2.72. The zero-order valence-corrected chi connectivity index (χ0v) is 12.4. The van der Waals surface area contributed by atoms with E-state index in [1.165, 1.54) is 0 Å². The molecule has 0 bridgehead atoms. The first-order valence-corrected chi connectivity index (χ1v) is 8.80. The maximum absolute atomic E-state index is 12.3. The molecule has 0 saturated carbocycles. The van der Waals surface area contributed by atoms with E-state index in [4.69, 9.17) is 0 Å². The number of rotatable bonds is 2. The first-order chi connectivity index (χ1) is 9.90. The number of carbonyl (C=O) groups is 2. The highest BCUT2D eigenvalue weighted by atomic mass is 32.2. The number of piperidine rings is 1. The van der Waals surface area contributed by atoms with Gasteiger partial charge >= 0.3 is 0 Å². The van der Waals surface area contributed by atoms with Crippen LogP contribution in [-0.2, 0) is 25.8 Å². The van der Waals surface area contributed by atoms with Crippen LogP contribution < -0.4 is 5.32 Å². The first-order valence-electron chi connectivity index (χ1n) is 6.98. The lowest BCUT2D eigenvalue weighted by molar-refractivity contribution is -0.142. The van der Waals surface area contributed by atoms with Crippen molar-refractivity contribution in [3.05, 3.63) is 35.9 Å². The highest BCUT2D eigenvalue weighted by Crippen LogP contribution is 2.45. The minimum atomic E-state index is -3.16. The fourth-order valence-corrected chi connectivity index (χ4v) is 5.69. The van der Waals surface area contributed by atoms with Gasteiger partial charge in [-0.1, -0.05) is 30.3 Å². The highest BCUT2D eigenvalue weighted by molar-refractivity contribution is 7.91. The number of hydrogen-bond acceptors (Lipinski definition) is 4. The van der Waals surface area contributed by atoms with Crippen LogP contribution in [-0.4, -0.2) is 31.7 Å². The van der Waals surface area contributed by atoms with Gasteiger partial charge in [0.2, 0.25) is 11.8 Å². The van der Waals surface area contributed by atoms with Crippen LogP contribution in [0, 0.1) is 11.3 Å². The van der Waals surface area contributed by atoms with Crippen molar-refractivity contribution in [3.63, 3.8) is 0 Å². The topological polar surface area (TPSA) is 80.3 Å². The number of carbonyl (C=O) groups excluding carboxylic acids is 2. The molecule has 2 aliphatic rings. The number of hydrogen-bond donors (Lipinski definition) is 1. The largest absolute Gasteiger partial charge is 0.296 e. The van der Waals surface area contributed by atoms with Gasteiger partial charge in [0.05, 0.1) is 11.5 Å². The summed E-state index contributed by atoms with van der Waals surface area (Å²) in [7, 11) is -3.16. The number of sulfone groups is 1. The van der Waals surface area contributed by atoms with Gasteiger partial charge in [-0.25, -0.2) is 8.42 Å². The third-order valence-corrected chi connectivity index (χ3v) is 6.37. The Hall–Kier alpha value is -1.69. The molecule has 1 aromatic carbocycles. The molecule has 2 unspecified atom stereocenters. The molecule has 2 amide bonds. The Labute approximate surface area is 123 Å². The Balaban J connectivity index is 1.94. The molecule has 1 spiro atoms. The molecule has 0 aromatic heterocycles. The van der Waals surface area contributed by atoms with Crippen LogP contribution in [0.2, 0.25) is 0 Å². The second-order valence-corrected chi connectivity index (χ2v) is 8.22. The van der Waals surface area contributed by atoms with E-state index >= 15 is 0 Å². The lowest BCUT2D eigenvalue weighted by Crippen LogP contribution is -2.53. The monoisotopic (exact) mass is 307 g/mol. The maximum Gasteiger partial charge on any atom is 0.230 e. The predicted octanol–water partition coefficient (Wildman–Crippen LogP) is 0.697. The van der Waals surface area contributed by atoms with Crippen molar-refractivity contribution in [2.45, 2.75) is 19.3 Å². The van der Waals surface area contributed by atoms with Crippen LogP contribution in [0.4, 0.5) is 0 Å². The second kappa shape index (κ2) is 4.94. The average molecular weight is 307 g/mol. The van der Waals surface area contributed by atoms with E-state index in [0.717, 1.165) is 5.56 Å². The molecule has 0 radical (unpaired) electrons. The van der Waals surface area contributed by atoms with Crippen LogP contribution in [0.3, 0.4) is 0 Å². The summed E-state index contributed by atoms with van der Waals surface area (Å²) in [6, 6.07) is 9.50. The van der Waals surface area contributed by atoms with Crippen molar-refractivity contribution in [3.8, 4) is 0 Å². The molecule has 1 N–H and O–H groups in total. The van der Waals surface area contributed by atoms with E-state index in [9.17, 15) is 18.0 Å². The van der Waals surface area contributed by atoms with E-state index in [0.29, 0.717) is 12.8 Å². The molecular weight excluding hydrogens is 290 g/mol. The van der Waals surface area contributed by atoms with E-state index in [-0.39, 0.29) is 29.7 Å². The van der Waals surface area contributed by atoms with E-state index in [1.807, 2.05) is 30.3 Å². The molecule has 6 heteroatoms. The molecule has 3 rings (SSSR count). The summed E-state index contributed by atoms with van der Waals surface area (Å²) in [5.41, 5.74) is 0.254. The maximum atomic E-state index is 12.3. The Morgan fingerprint density at radius 2 is 1.90 bits per heavy atom. The molecular formula is C15H17NO4S. The van der Waals surface area contributed by atoms with Crippen molar-refractivity contribution in [1.29, 1.82) is 0 Å². The zero-order valence-electron chi connectivity index (χ0n) is 11.5. The Morgan fingerprint density at radius 3 is 2.52 bits per heavy atom. The molecule has 5 nitrogen and oxygen atoms in total. The first kappa shape index (κ1) is 14.3. The van der Waals surface area contributed by atoms with Gasteiger partial charge < -0.3 is 0 Å². The summed E-state index contributed by atoms with van der Waals surface area (Å²) >= 11 is 0. The fraction of sp³-hybridized carbons (Fsp3) is 0.467. The molecule has 0 aliphatic carbocycles. The van der Waals surface area contributed by atoms with Gasteiger partial charge in [0.25, 0.3) is 0 Å². The lowest BCUT2D eigenvalue weighted by atomic mass is 9.67. The summed E-state index contributed by atoms with van der Waals surface area (Å²) in [6.45, 7) is 0. The summed E-state index contributed by atoms with van der Waals surface area (Å²) < 4.78 is 23.7. The van der Waals surface area contributed by atoms with Gasteiger partial charge in [-0.15, -0.1) is 0 Å². The van der Waals surface area contributed by atoms with Gasteiger partial charge in [0.1, 0.15) is 0 Å². The molecule has 2 aliphatic heterocycles. The average Bonchev–Trinajstić information content (AvgIpc) is 2.71. The number of imide groups is 1. The van der Waals surface area contributed by atoms with Crippen molar-refractivity contribution in [2.24, 2.45) is 11.3 Å². The molecule has 2 heterocycles.